The molecule has 3 aromatic rings. The Morgan fingerprint density at radius 2 is 1.57 bits per heavy atom. The molecule has 0 fully saturated rings. The van der Waals surface area contributed by atoms with E-state index in [1.807, 2.05) is 0 Å². The molecule has 2 heterocycles. The summed E-state index contributed by atoms with van der Waals surface area (Å²) in [5.41, 5.74) is -3.56. The minimum atomic E-state index is -5.20. The van der Waals surface area contributed by atoms with E-state index in [2.05, 4.69) is 0 Å². The van der Waals surface area contributed by atoms with E-state index in [1.165, 1.54) is 24.4 Å². The Kier molecular flexibility index (Phi) is 4.86. The monoisotopic (exact) mass is 421 g/mol. The maximum atomic E-state index is 13.1. The Morgan fingerprint density at radius 1 is 1.00 bits per heavy atom. The molecular weight excluding hydrogens is 411 g/mol. The molecule has 30 heavy (non-hydrogen) atoms. The van der Waals surface area contributed by atoms with Crippen molar-refractivity contribution in [3.63, 3.8) is 0 Å². The Bertz CT molecular complexity index is 1210. The maximum Gasteiger partial charge on any atom is 0.454 e. The van der Waals surface area contributed by atoms with Crippen molar-refractivity contribution in [1.82, 2.24) is 4.40 Å². The first-order valence-corrected chi connectivity index (χ1v) is 8.13. The van der Waals surface area contributed by atoms with Crippen molar-refractivity contribution in [2.45, 2.75) is 13.1 Å². The number of benzene rings is 1. The van der Waals surface area contributed by atoms with E-state index in [4.69, 9.17) is 0 Å². The molecule has 2 aromatic heterocycles. The van der Waals surface area contributed by atoms with Crippen LogP contribution in [0.2, 0.25) is 0 Å². The minimum absolute atomic E-state index is 0.194. The zero-order valence-electron chi connectivity index (χ0n) is 15.0. The SMILES string of the molecule is Cc1c(C(=O)C(F)(F)F)c2ccccn2c1C(=O)c1cc([N+](=O)[O-])cc([N+](=O)[O-])c1. The molecule has 0 amide bonds. The van der Waals surface area contributed by atoms with Crippen LogP contribution in [0.1, 0.15) is 32.0 Å². The molecule has 0 aliphatic carbocycles. The second-order valence-corrected chi connectivity index (χ2v) is 6.21. The number of nitrogens with zero attached hydrogens (tertiary/aromatic N) is 3. The van der Waals surface area contributed by atoms with Crippen LogP contribution >= 0.6 is 0 Å². The number of carbonyl (C=O) groups is 2. The minimum Gasteiger partial charge on any atom is -0.313 e. The molecule has 3 rings (SSSR count). The third-order valence-electron chi connectivity index (χ3n) is 4.37. The predicted octanol–water partition coefficient (Wildman–Crippen LogP) is 4.04. The normalized spacial score (nSPS) is 11.5. The molecule has 0 atom stereocenters. The fraction of sp³-hybridized carbons (Fsp3) is 0.111. The summed E-state index contributed by atoms with van der Waals surface area (Å²) < 4.78 is 40.2. The van der Waals surface area contributed by atoms with Crippen LogP contribution in [0.25, 0.3) is 5.52 Å². The van der Waals surface area contributed by atoms with E-state index < -0.39 is 50.1 Å². The van der Waals surface area contributed by atoms with Gasteiger partial charge in [-0.05, 0) is 24.6 Å². The zero-order valence-corrected chi connectivity index (χ0v) is 15.0. The number of rotatable bonds is 5. The van der Waals surface area contributed by atoms with Crippen molar-refractivity contribution < 1.29 is 32.6 Å². The smallest absolute Gasteiger partial charge is 0.313 e. The van der Waals surface area contributed by atoms with Gasteiger partial charge >= 0.3 is 6.18 Å². The van der Waals surface area contributed by atoms with E-state index in [1.54, 1.807) is 0 Å². The van der Waals surface area contributed by atoms with Crippen LogP contribution < -0.4 is 0 Å². The van der Waals surface area contributed by atoms with Crippen molar-refractivity contribution in [2.75, 3.05) is 0 Å². The number of aromatic nitrogens is 1. The number of hydrogen-bond donors (Lipinski definition) is 0. The molecule has 0 radical (unpaired) electrons. The molecule has 0 spiro atoms. The molecule has 0 saturated heterocycles. The Balaban J connectivity index is 2.30. The van der Waals surface area contributed by atoms with Gasteiger partial charge in [-0.1, -0.05) is 6.07 Å². The van der Waals surface area contributed by atoms with Gasteiger partial charge in [0.05, 0.1) is 32.7 Å². The average Bonchev–Trinajstić information content (AvgIpc) is 2.97. The van der Waals surface area contributed by atoms with Crippen molar-refractivity contribution in [1.29, 1.82) is 0 Å². The summed E-state index contributed by atoms with van der Waals surface area (Å²) in [5.74, 6) is -3.17. The molecule has 0 aliphatic heterocycles. The predicted molar refractivity (Wildman–Crippen MR) is 95.7 cm³/mol. The van der Waals surface area contributed by atoms with Gasteiger partial charge < -0.3 is 4.40 Å². The van der Waals surface area contributed by atoms with Crippen LogP contribution in [0.15, 0.2) is 42.6 Å². The van der Waals surface area contributed by atoms with Gasteiger partial charge in [0, 0.05) is 23.9 Å². The third kappa shape index (κ3) is 3.38. The van der Waals surface area contributed by atoms with E-state index in [-0.39, 0.29) is 16.8 Å². The Hall–Kier alpha value is -4.09. The zero-order chi connectivity index (χ0) is 22.4. The van der Waals surface area contributed by atoms with Crippen molar-refractivity contribution in [2.24, 2.45) is 0 Å². The number of nitro benzene ring substituents is 2. The lowest BCUT2D eigenvalue weighted by atomic mass is 10.0. The van der Waals surface area contributed by atoms with Crippen LogP contribution in [-0.2, 0) is 0 Å². The molecule has 0 aliphatic rings. The number of carbonyl (C=O) groups excluding carboxylic acids is 2. The summed E-state index contributed by atoms with van der Waals surface area (Å²) in [5, 5.41) is 22.1. The number of alkyl halides is 3. The van der Waals surface area contributed by atoms with Crippen molar-refractivity contribution in [3.05, 3.63) is 85.2 Å². The Labute approximate surface area is 164 Å². The number of non-ortho nitro benzene ring substituents is 2. The third-order valence-corrected chi connectivity index (χ3v) is 4.37. The highest BCUT2D eigenvalue weighted by molar-refractivity contribution is 6.15. The van der Waals surface area contributed by atoms with Gasteiger partial charge in [-0.25, -0.2) is 0 Å². The fourth-order valence-corrected chi connectivity index (χ4v) is 3.11. The standard InChI is InChI=1S/C18H10F3N3O6/c1-9-14(17(26)18(19,20)21)13-4-2-3-5-22(13)15(9)16(25)10-6-11(23(27)28)8-12(7-10)24(29)30/h2-8H,1H3. The van der Waals surface area contributed by atoms with Gasteiger partial charge in [0.1, 0.15) is 0 Å². The number of halogens is 3. The topological polar surface area (TPSA) is 125 Å². The summed E-state index contributed by atoms with van der Waals surface area (Å²) in [7, 11) is 0. The first kappa shape index (κ1) is 20.6. The number of Topliss-reactive ketones (excluding diaryl/α,β-unsaturated/α-hetero) is 1. The number of nitro groups is 2. The average molecular weight is 421 g/mol. The van der Waals surface area contributed by atoms with Gasteiger partial charge in [0.25, 0.3) is 17.2 Å². The Morgan fingerprint density at radius 3 is 2.07 bits per heavy atom. The largest absolute Gasteiger partial charge is 0.454 e. The molecule has 9 nitrogen and oxygen atoms in total. The molecule has 0 bridgehead atoms. The lowest BCUT2D eigenvalue weighted by Crippen LogP contribution is -2.23. The number of hydrogen-bond acceptors (Lipinski definition) is 6. The van der Waals surface area contributed by atoms with Gasteiger partial charge in [-0.3, -0.25) is 29.8 Å². The summed E-state index contributed by atoms with van der Waals surface area (Å²) in [6.45, 7) is 1.13. The molecule has 154 valence electrons. The molecule has 0 unspecified atom stereocenters. The lowest BCUT2D eigenvalue weighted by molar-refractivity contribution is -0.394. The summed E-state index contributed by atoms with van der Waals surface area (Å²) in [4.78, 5) is 45.2. The van der Waals surface area contributed by atoms with E-state index >= 15 is 0 Å². The van der Waals surface area contributed by atoms with Crippen molar-refractivity contribution >= 4 is 28.5 Å². The first-order valence-electron chi connectivity index (χ1n) is 8.13. The van der Waals surface area contributed by atoms with Crippen molar-refractivity contribution in [3.8, 4) is 0 Å². The van der Waals surface area contributed by atoms with Crippen LogP contribution in [0, 0.1) is 27.2 Å². The van der Waals surface area contributed by atoms with Crippen LogP contribution in [-0.4, -0.2) is 32.0 Å². The quantitative estimate of drug-likeness (QED) is 0.348. The second kappa shape index (κ2) is 7.06. The van der Waals surface area contributed by atoms with E-state index in [0.717, 1.165) is 23.5 Å². The van der Waals surface area contributed by atoms with Gasteiger partial charge in [0.15, 0.2) is 0 Å². The van der Waals surface area contributed by atoms with Crippen LogP contribution in [0.5, 0.6) is 0 Å². The molecule has 12 heteroatoms. The highest BCUT2D eigenvalue weighted by Gasteiger charge is 2.42. The second-order valence-electron chi connectivity index (χ2n) is 6.21. The summed E-state index contributed by atoms with van der Waals surface area (Å²) >= 11 is 0. The van der Waals surface area contributed by atoms with Crippen LogP contribution in [0.3, 0.4) is 0 Å². The molecule has 1 aromatic carbocycles. The van der Waals surface area contributed by atoms with Crippen LogP contribution in [0.4, 0.5) is 24.5 Å². The summed E-state index contributed by atoms with van der Waals surface area (Å²) in [6, 6.07) is 6.19. The highest BCUT2D eigenvalue weighted by Crippen LogP contribution is 2.32. The highest BCUT2D eigenvalue weighted by atomic mass is 19.4. The molecular formula is C18H10F3N3O6. The number of pyridine rings is 1. The van der Waals surface area contributed by atoms with E-state index in [0.29, 0.717) is 6.07 Å². The summed E-state index contributed by atoms with van der Waals surface area (Å²) in [6.07, 6.45) is -3.96. The fourth-order valence-electron chi connectivity index (χ4n) is 3.11. The van der Waals surface area contributed by atoms with Gasteiger partial charge in [-0.15, -0.1) is 0 Å². The lowest BCUT2D eigenvalue weighted by Gasteiger charge is -2.05. The van der Waals surface area contributed by atoms with Gasteiger partial charge in [0.2, 0.25) is 5.78 Å². The van der Waals surface area contributed by atoms with Gasteiger partial charge in [-0.2, -0.15) is 13.2 Å². The first-order chi connectivity index (χ1) is 13.9. The van der Waals surface area contributed by atoms with E-state index in [9.17, 15) is 43.0 Å². The number of fused-ring (bicyclic) bond motifs is 1. The number of ketones is 2. The molecule has 0 saturated carbocycles. The maximum absolute atomic E-state index is 13.1. The molecule has 0 N–H and O–H groups in total.